The molecule has 1 aromatic carbocycles. The van der Waals surface area contributed by atoms with Gasteiger partial charge in [-0.1, -0.05) is 13.8 Å². The van der Waals surface area contributed by atoms with Gasteiger partial charge in [0, 0.05) is 23.0 Å². The van der Waals surface area contributed by atoms with Crippen molar-refractivity contribution in [3.63, 3.8) is 0 Å². The van der Waals surface area contributed by atoms with Gasteiger partial charge in [0.05, 0.1) is 5.69 Å². The smallest absolute Gasteiger partial charge is 0.179 e. The van der Waals surface area contributed by atoms with Crippen molar-refractivity contribution in [3.05, 3.63) is 30.0 Å². The minimum Gasteiger partial charge on any atom is -0.399 e. The fraction of sp³-hybridized carbons (Fsp3) is 0.308. The second-order valence-electron chi connectivity index (χ2n) is 4.55. The molecule has 0 saturated carbocycles. The van der Waals surface area contributed by atoms with Crippen LogP contribution in [-0.2, 0) is 0 Å². The Kier molecular flexibility index (Phi) is 2.69. The number of hydrogen-bond acceptors (Lipinski definition) is 2. The molecule has 0 spiro atoms. The Bertz CT molecular complexity index is 526. The third kappa shape index (κ3) is 2.08. The van der Waals surface area contributed by atoms with E-state index in [0.717, 1.165) is 10.9 Å². The molecule has 0 amide bonds. The maximum absolute atomic E-state index is 11.8. The molecule has 1 aromatic heterocycles. The number of H-pyrrole nitrogens is 1. The van der Waals surface area contributed by atoms with Crippen LogP contribution in [0.25, 0.3) is 10.9 Å². The molecule has 0 fully saturated rings. The summed E-state index contributed by atoms with van der Waals surface area (Å²) < 4.78 is 0. The van der Waals surface area contributed by atoms with Gasteiger partial charge in [0.15, 0.2) is 5.78 Å². The minimum atomic E-state index is 0.157. The Balaban J connectivity index is 2.36. The molecule has 3 heteroatoms. The van der Waals surface area contributed by atoms with E-state index in [-0.39, 0.29) is 5.78 Å². The Hall–Kier alpha value is -1.77. The molecule has 1 heterocycles. The Morgan fingerprint density at radius 3 is 2.81 bits per heavy atom. The van der Waals surface area contributed by atoms with Crippen molar-refractivity contribution in [2.75, 3.05) is 5.73 Å². The molecule has 84 valence electrons. The average Bonchev–Trinajstić information content (AvgIpc) is 2.59. The van der Waals surface area contributed by atoms with Crippen LogP contribution in [0, 0.1) is 5.92 Å². The first-order valence-electron chi connectivity index (χ1n) is 5.47. The van der Waals surface area contributed by atoms with Crippen molar-refractivity contribution in [2.24, 2.45) is 5.92 Å². The molecule has 0 bridgehead atoms. The molecule has 0 aliphatic rings. The summed E-state index contributed by atoms with van der Waals surface area (Å²) in [6, 6.07) is 7.47. The van der Waals surface area contributed by atoms with Gasteiger partial charge in [0.2, 0.25) is 0 Å². The first kappa shape index (κ1) is 10.7. The molecule has 16 heavy (non-hydrogen) atoms. The molecular weight excluding hydrogens is 200 g/mol. The van der Waals surface area contributed by atoms with Crippen molar-refractivity contribution in [2.45, 2.75) is 20.3 Å². The van der Waals surface area contributed by atoms with E-state index in [1.165, 1.54) is 0 Å². The van der Waals surface area contributed by atoms with Crippen molar-refractivity contribution >= 4 is 22.4 Å². The number of benzene rings is 1. The zero-order valence-corrected chi connectivity index (χ0v) is 9.58. The predicted octanol–water partition coefficient (Wildman–Crippen LogP) is 2.98. The average molecular weight is 216 g/mol. The van der Waals surface area contributed by atoms with E-state index in [1.807, 2.05) is 38.1 Å². The predicted molar refractivity (Wildman–Crippen MR) is 66.5 cm³/mol. The molecule has 0 saturated heterocycles. The highest BCUT2D eigenvalue weighted by Crippen LogP contribution is 2.19. The van der Waals surface area contributed by atoms with Gasteiger partial charge in [-0.2, -0.15) is 0 Å². The zero-order valence-electron chi connectivity index (χ0n) is 9.58. The highest BCUT2D eigenvalue weighted by atomic mass is 16.1. The minimum absolute atomic E-state index is 0.157. The fourth-order valence-electron chi connectivity index (χ4n) is 1.78. The normalized spacial score (nSPS) is 11.2. The maximum Gasteiger partial charge on any atom is 0.179 e. The van der Waals surface area contributed by atoms with E-state index in [0.29, 0.717) is 23.7 Å². The highest BCUT2D eigenvalue weighted by molar-refractivity contribution is 5.99. The van der Waals surface area contributed by atoms with Gasteiger partial charge in [0.1, 0.15) is 0 Å². The Morgan fingerprint density at radius 1 is 1.38 bits per heavy atom. The third-order valence-corrected chi connectivity index (χ3v) is 2.54. The van der Waals surface area contributed by atoms with Gasteiger partial charge >= 0.3 is 0 Å². The molecular formula is C13H16N2O. The molecule has 0 aliphatic carbocycles. The van der Waals surface area contributed by atoms with Crippen molar-refractivity contribution in [1.29, 1.82) is 0 Å². The highest BCUT2D eigenvalue weighted by Gasteiger charge is 2.11. The summed E-state index contributed by atoms with van der Waals surface area (Å²) >= 11 is 0. The summed E-state index contributed by atoms with van der Waals surface area (Å²) in [6.45, 7) is 4.08. The number of hydrogen-bond donors (Lipinski definition) is 2. The Labute approximate surface area is 94.6 Å². The number of fused-ring (bicyclic) bond motifs is 1. The lowest BCUT2D eigenvalue weighted by Gasteiger charge is -2.00. The summed E-state index contributed by atoms with van der Waals surface area (Å²) in [5, 5.41) is 0.993. The number of carbonyl (C=O) groups is 1. The van der Waals surface area contributed by atoms with Gasteiger partial charge in [-0.05, 0) is 30.2 Å². The third-order valence-electron chi connectivity index (χ3n) is 2.54. The van der Waals surface area contributed by atoms with Crippen LogP contribution < -0.4 is 5.73 Å². The van der Waals surface area contributed by atoms with Crippen LogP contribution in [0.5, 0.6) is 0 Å². The van der Waals surface area contributed by atoms with Gasteiger partial charge in [-0.15, -0.1) is 0 Å². The van der Waals surface area contributed by atoms with Crippen LogP contribution >= 0.6 is 0 Å². The van der Waals surface area contributed by atoms with E-state index >= 15 is 0 Å². The molecule has 0 atom stereocenters. The van der Waals surface area contributed by atoms with Crippen LogP contribution in [-0.4, -0.2) is 10.8 Å². The SMILES string of the molecule is CC(C)CC(=O)c1cc2cc(N)ccc2[nH]1. The molecule has 0 radical (unpaired) electrons. The van der Waals surface area contributed by atoms with Crippen molar-refractivity contribution < 1.29 is 4.79 Å². The lowest BCUT2D eigenvalue weighted by Crippen LogP contribution is -2.03. The van der Waals surface area contributed by atoms with Gasteiger partial charge in [-0.25, -0.2) is 0 Å². The lowest BCUT2D eigenvalue weighted by atomic mass is 10.1. The first-order chi connectivity index (χ1) is 7.56. The monoisotopic (exact) mass is 216 g/mol. The quantitative estimate of drug-likeness (QED) is 0.612. The van der Waals surface area contributed by atoms with E-state index < -0.39 is 0 Å². The number of nitrogen functional groups attached to an aromatic ring is 1. The number of ketones is 1. The number of Topliss-reactive ketones (excluding diaryl/α,β-unsaturated/α-hetero) is 1. The van der Waals surface area contributed by atoms with Crippen LogP contribution in [0.2, 0.25) is 0 Å². The van der Waals surface area contributed by atoms with E-state index in [2.05, 4.69) is 4.98 Å². The number of rotatable bonds is 3. The van der Waals surface area contributed by atoms with E-state index in [4.69, 9.17) is 5.73 Å². The van der Waals surface area contributed by atoms with Gasteiger partial charge in [-0.3, -0.25) is 4.79 Å². The van der Waals surface area contributed by atoms with Crippen molar-refractivity contribution in [1.82, 2.24) is 4.98 Å². The first-order valence-corrected chi connectivity index (χ1v) is 5.47. The molecule has 0 aliphatic heterocycles. The number of carbonyl (C=O) groups excluding carboxylic acids is 1. The van der Waals surface area contributed by atoms with Gasteiger partial charge < -0.3 is 10.7 Å². The Morgan fingerprint density at radius 2 is 2.12 bits per heavy atom. The second kappa shape index (κ2) is 4.00. The van der Waals surface area contributed by atoms with Gasteiger partial charge in [0.25, 0.3) is 0 Å². The maximum atomic E-state index is 11.8. The van der Waals surface area contributed by atoms with E-state index in [1.54, 1.807) is 0 Å². The topological polar surface area (TPSA) is 58.9 Å². The summed E-state index contributed by atoms with van der Waals surface area (Å²) in [5.41, 5.74) is 8.04. The molecule has 2 rings (SSSR count). The number of aromatic amines is 1. The standard InChI is InChI=1S/C13H16N2O/c1-8(2)5-13(16)12-7-9-6-10(14)3-4-11(9)15-12/h3-4,6-8,15H,5,14H2,1-2H3. The number of nitrogens with one attached hydrogen (secondary N) is 1. The number of nitrogens with two attached hydrogens (primary N) is 1. The largest absolute Gasteiger partial charge is 0.399 e. The van der Waals surface area contributed by atoms with Crippen molar-refractivity contribution in [3.8, 4) is 0 Å². The van der Waals surface area contributed by atoms with Crippen LogP contribution in [0.15, 0.2) is 24.3 Å². The zero-order chi connectivity index (χ0) is 11.7. The van der Waals surface area contributed by atoms with Crippen LogP contribution in [0.4, 0.5) is 5.69 Å². The summed E-state index contributed by atoms with van der Waals surface area (Å²) in [5.74, 6) is 0.536. The summed E-state index contributed by atoms with van der Waals surface area (Å²) in [7, 11) is 0. The number of aromatic nitrogens is 1. The number of anilines is 1. The fourth-order valence-corrected chi connectivity index (χ4v) is 1.78. The second-order valence-corrected chi connectivity index (χ2v) is 4.55. The van der Waals surface area contributed by atoms with Crippen LogP contribution in [0.3, 0.4) is 0 Å². The molecule has 3 N–H and O–H groups in total. The molecule has 2 aromatic rings. The lowest BCUT2D eigenvalue weighted by molar-refractivity contribution is 0.0964. The summed E-state index contributed by atoms with van der Waals surface area (Å²) in [6.07, 6.45) is 0.572. The molecule has 0 unspecified atom stereocenters. The summed E-state index contributed by atoms with van der Waals surface area (Å²) in [4.78, 5) is 15.0. The van der Waals surface area contributed by atoms with E-state index in [9.17, 15) is 4.79 Å². The van der Waals surface area contributed by atoms with Crippen LogP contribution in [0.1, 0.15) is 30.8 Å². The molecule has 3 nitrogen and oxygen atoms in total.